The first-order chi connectivity index (χ1) is 6.55. The highest BCUT2D eigenvalue weighted by atomic mass is 16.6. The van der Waals surface area contributed by atoms with Gasteiger partial charge in [-0.05, 0) is 32.9 Å². The molecule has 1 rings (SSSR count). The third kappa shape index (κ3) is 3.28. The Morgan fingerprint density at radius 1 is 1.38 bits per heavy atom. The summed E-state index contributed by atoms with van der Waals surface area (Å²) in [6.07, 6.45) is 0. The second-order valence-corrected chi connectivity index (χ2v) is 3.52. The summed E-state index contributed by atoms with van der Waals surface area (Å²) < 4.78 is 12.3. The normalized spacial score (nSPS) is 12.0. The lowest BCUT2D eigenvalue weighted by Gasteiger charge is -2.19. The van der Waals surface area contributed by atoms with Crippen LogP contribution in [-0.2, 0) is 4.74 Å². The number of hydrogen-bond acceptors (Lipinski definition) is 2. The van der Waals surface area contributed by atoms with E-state index in [0.717, 1.165) is 0 Å². The average Bonchev–Trinajstić information content (AvgIpc) is 2.19. The summed E-state index contributed by atoms with van der Waals surface area (Å²) in [6.45, 7) is 3.51. The van der Waals surface area contributed by atoms with Gasteiger partial charge in [-0.15, -0.1) is 0 Å². The molecule has 2 nitrogen and oxygen atoms in total. The molecule has 2 heteroatoms. The summed E-state index contributed by atoms with van der Waals surface area (Å²) >= 11 is 0. The lowest BCUT2D eigenvalue weighted by atomic mass is 10.2. The Morgan fingerprint density at radius 3 is 2.54 bits per heavy atom. The molecule has 0 aliphatic heterocycles. The summed E-state index contributed by atoms with van der Waals surface area (Å²) in [4.78, 5) is 11.5. The molecule has 0 amide bonds. The van der Waals surface area contributed by atoms with Gasteiger partial charge in [-0.3, -0.25) is 0 Å². The number of benzene rings is 1. The summed E-state index contributed by atoms with van der Waals surface area (Å²) in [7, 11) is 0. The van der Waals surface area contributed by atoms with Gasteiger partial charge in [0, 0.05) is 1.37 Å². The highest BCUT2D eigenvalue weighted by Gasteiger charge is 2.16. The maximum absolute atomic E-state index is 11.5. The van der Waals surface area contributed by atoms with Gasteiger partial charge in [-0.2, -0.15) is 0 Å². The van der Waals surface area contributed by atoms with Gasteiger partial charge in [0.05, 0.1) is 5.56 Å². The van der Waals surface area contributed by atoms with Crippen LogP contribution in [0, 0.1) is 0 Å². The van der Waals surface area contributed by atoms with Crippen molar-refractivity contribution in [2.24, 2.45) is 0 Å². The van der Waals surface area contributed by atoms with Crippen LogP contribution < -0.4 is 0 Å². The van der Waals surface area contributed by atoms with Crippen LogP contribution in [0.25, 0.3) is 0 Å². The fourth-order valence-corrected chi connectivity index (χ4v) is 0.884. The molecule has 0 aliphatic carbocycles. The third-order valence-electron chi connectivity index (χ3n) is 1.38. The Bertz CT molecular complexity index is 306. The first-order valence-electron chi connectivity index (χ1n) is 4.83. The molecule has 0 aliphatic rings. The summed E-state index contributed by atoms with van der Waals surface area (Å²) in [5, 5.41) is 0. The van der Waals surface area contributed by atoms with Gasteiger partial charge in [0.2, 0.25) is 0 Å². The van der Waals surface area contributed by atoms with Crippen LogP contribution in [0.3, 0.4) is 0 Å². The van der Waals surface area contributed by atoms with E-state index >= 15 is 0 Å². The molecule has 0 radical (unpaired) electrons. The number of rotatable bonds is 1. The molecular weight excluding hydrogens is 164 g/mol. The molecular formula is C11H14O2. The Labute approximate surface area is 79.9 Å². The fourth-order valence-electron chi connectivity index (χ4n) is 0.884. The van der Waals surface area contributed by atoms with Gasteiger partial charge in [-0.1, -0.05) is 18.2 Å². The van der Waals surface area contributed by atoms with Crippen molar-refractivity contribution in [3.05, 3.63) is 35.9 Å². The molecule has 1 aromatic carbocycles. The van der Waals surface area contributed by atoms with Crippen LogP contribution in [0.4, 0.5) is 0 Å². The maximum Gasteiger partial charge on any atom is 0.338 e. The molecule has 0 unspecified atom stereocenters. The molecule has 0 bridgehead atoms. The minimum Gasteiger partial charge on any atom is -0.456 e. The maximum atomic E-state index is 11.5. The summed E-state index contributed by atoms with van der Waals surface area (Å²) in [6, 6.07) is 8.80. The minimum atomic E-state index is -0.715. The van der Waals surface area contributed by atoms with Gasteiger partial charge >= 0.3 is 5.97 Å². The van der Waals surface area contributed by atoms with Crippen LogP contribution in [0.5, 0.6) is 0 Å². The lowest BCUT2D eigenvalue weighted by molar-refractivity contribution is 0.00696. The molecule has 70 valence electrons. The molecule has 0 atom stereocenters. The van der Waals surface area contributed by atoms with Crippen molar-refractivity contribution in [2.45, 2.75) is 26.3 Å². The van der Waals surface area contributed by atoms with Crippen LogP contribution >= 0.6 is 0 Å². The smallest absolute Gasteiger partial charge is 0.338 e. The predicted octanol–water partition coefficient (Wildman–Crippen LogP) is 2.64. The Balaban J connectivity index is 2.69. The van der Waals surface area contributed by atoms with Crippen molar-refractivity contribution in [2.75, 3.05) is 0 Å². The molecule has 0 fully saturated rings. The first-order valence-corrected chi connectivity index (χ1v) is 4.13. The quantitative estimate of drug-likeness (QED) is 0.619. The molecule has 0 saturated carbocycles. The van der Waals surface area contributed by atoms with Crippen molar-refractivity contribution in [1.82, 2.24) is 0 Å². The van der Waals surface area contributed by atoms with E-state index in [1.54, 1.807) is 38.1 Å². The van der Waals surface area contributed by atoms with E-state index in [1.165, 1.54) is 0 Å². The van der Waals surface area contributed by atoms with E-state index < -0.39 is 5.60 Å². The minimum absolute atomic E-state index is 0.0611. The highest BCUT2D eigenvalue weighted by molar-refractivity contribution is 5.89. The molecule has 0 saturated heterocycles. The molecule has 0 N–H and O–H groups in total. The lowest BCUT2D eigenvalue weighted by Crippen LogP contribution is -2.23. The zero-order valence-corrected chi connectivity index (χ0v) is 7.91. The topological polar surface area (TPSA) is 26.3 Å². The third-order valence-corrected chi connectivity index (χ3v) is 1.38. The van der Waals surface area contributed by atoms with Crippen molar-refractivity contribution in [3.8, 4) is 0 Å². The molecule has 13 heavy (non-hydrogen) atoms. The van der Waals surface area contributed by atoms with E-state index in [-0.39, 0.29) is 12.9 Å². The van der Waals surface area contributed by atoms with E-state index in [4.69, 9.17) is 6.11 Å². The van der Waals surface area contributed by atoms with E-state index in [1.807, 2.05) is 6.07 Å². The number of carbonyl (C=O) groups is 1. The van der Waals surface area contributed by atoms with E-state index in [2.05, 4.69) is 0 Å². The van der Waals surface area contributed by atoms with Gasteiger partial charge in [0.25, 0.3) is 0 Å². The van der Waals surface area contributed by atoms with Gasteiger partial charge in [0.15, 0.2) is 0 Å². The standard InChI is InChI=1S/C11H14O2/c1-11(2,3)13-10(12)9-7-5-4-6-8-9/h4-8H,1-3H3/i1D. The van der Waals surface area contributed by atoms with Crippen LogP contribution in [-0.4, -0.2) is 11.6 Å². The van der Waals surface area contributed by atoms with Crippen molar-refractivity contribution in [3.63, 3.8) is 0 Å². The Hall–Kier alpha value is -1.31. The molecule has 0 aromatic heterocycles. The number of carbonyl (C=O) groups excluding carboxylic acids is 1. The van der Waals surface area contributed by atoms with E-state index in [0.29, 0.717) is 5.56 Å². The van der Waals surface area contributed by atoms with Gasteiger partial charge < -0.3 is 4.74 Å². The SMILES string of the molecule is [2H]CC(C)(C)OC(=O)c1ccccc1. The average molecular weight is 179 g/mol. The monoisotopic (exact) mass is 179 g/mol. The van der Waals surface area contributed by atoms with E-state index in [9.17, 15) is 4.79 Å². The van der Waals surface area contributed by atoms with Crippen molar-refractivity contribution < 1.29 is 10.9 Å². The zero-order valence-electron chi connectivity index (χ0n) is 8.91. The summed E-state index contributed by atoms with van der Waals surface area (Å²) in [5.74, 6) is -0.372. The number of ether oxygens (including phenoxy) is 1. The first kappa shape index (κ1) is 8.30. The second-order valence-electron chi connectivity index (χ2n) is 3.52. The van der Waals surface area contributed by atoms with Crippen molar-refractivity contribution in [1.29, 1.82) is 0 Å². The zero-order chi connectivity index (χ0) is 10.6. The van der Waals surface area contributed by atoms with Crippen LogP contribution in [0.1, 0.15) is 32.5 Å². The van der Waals surface area contributed by atoms with Crippen LogP contribution in [0.15, 0.2) is 30.3 Å². The molecule has 1 aromatic rings. The summed E-state index contributed by atoms with van der Waals surface area (Å²) in [5.41, 5.74) is -0.193. The predicted molar refractivity (Wildman–Crippen MR) is 51.6 cm³/mol. The second kappa shape index (κ2) is 3.60. The Morgan fingerprint density at radius 2 is 2.00 bits per heavy atom. The van der Waals surface area contributed by atoms with Gasteiger partial charge in [0.1, 0.15) is 5.60 Å². The fraction of sp³-hybridized carbons (Fsp3) is 0.364. The Kier molecular flexibility index (Phi) is 2.30. The van der Waals surface area contributed by atoms with Gasteiger partial charge in [-0.25, -0.2) is 4.79 Å². The largest absolute Gasteiger partial charge is 0.456 e. The number of esters is 1. The molecule has 0 spiro atoms. The number of hydrogen-bond donors (Lipinski definition) is 0. The molecule has 0 heterocycles. The highest BCUT2D eigenvalue weighted by Crippen LogP contribution is 2.11. The van der Waals surface area contributed by atoms with Crippen LogP contribution in [0.2, 0.25) is 0 Å². The van der Waals surface area contributed by atoms with Crippen molar-refractivity contribution >= 4 is 5.97 Å².